The van der Waals surface area contributed by atoms with Crippen molar-refractivity contribution in [2.75, 3.05) is 39.9 Å². The zero-order valence-electron chi connectivity index (χ0n) is 18.3. The van der Waals surface area contributed by atoms with Crippen molar-refractivity contribution in [1.29, 1.82) is 0 Å². The Morgan fingerprint density at radius 2 is 2.10 bits per heavy atom. The summed E-state index contributed by atoms with van der Waals surface area (Å²) in [6, 6.07) is 11.6. The lowest BCUT2D eigenvalue weighted by atomic mass is 9.81. The summed E-state index contributed by atoms with van der Waals surface area (Å²) in [5.74, 6) is -0.493. The van der Waals surface area contributed by atoms with Gasteiger partial charge in [-0.05, 0) is 49.0 Å². The molecule has 1 aromatic carbocycles. The SMILES string of the molecule is CCN1CCC[C@@H]1CNC(=O)[C@@H]1c2ccccc2C(=O)N(CCOC)[C@@H]1c1cccs1. The van der Waals surface area contributed by atoms with E-state index in [2.05, 4.69) is 17.1 Å². The van der Waals surface area contributed by atoms with Crippen LogP contribution in [0.1, 0.15) is 52.5 Å². The van der Waals surface area contributed by atoms with Gasteiger partial charge in [0.2, 0.25) is 5.91 Å². The fraction of sp³-hybridized carbons (Fsp3) is 0.500. The van der Waals surface area contributed by atoms with Gasteiger partial charge in [-0.1, -0.05) is 31.2 Å². The van der Waals surface area contributed by atoms with Gasteiger partial charge < -0.3 is 15.0 Å². The Labute approximate surface area is 188 Å². The van der Waals surface area contributed by atoms with Crippen molar-refractivity contribution < 1.29 is 14.3 Å². The Bertz CT molecular complexity index is 901. The number of rotatable bonds is 8. The average Bonchev–Trinajstić information content (AvgIpc) is 3.48. The maximum atomic E-state index is 13.6. The van der Waals surface area contributed by atoms with E-state index in [9.17, 15) is 9.59 Å². The largest absolute Gasteiger partial charge is 0.383 e. The number of methoxy groups -OCH3 is 1. The molecule has 0 radical (unpaired) electrons. The average molecular weight is 442 g/mol. The standard InChI is InChI=1S/C24H31N3O3S/c1-3-26-12-6-8-17(26)16-25-23(28)21-18-9-4-5-10-19(18)24(29)27(13-14-30-2)22(21)20-11-7-15-31-20/h4-5,7,9-11,15,17,21-22H,3,6,8,12-14,16H2,1-2H3,(H,25,28)/t17-,21-,22-/m1/s1. The first-order chi connectivity index (χ1) is 15.2. The van der Waals surface area contributed by atoms with Gasteiger partial charge in [-0.15, -0.1) is 11.3 Å². The lowest BCUT2D eigenvalue weighted by Crippen LogP contribution is -2.49. The lowest BCUT2D eigenvalue weighted by Gasteiger charge is -2.41. The molecule has 3 atom stereocenters. The molecule has 0 spiro atoms. The molecule has 166 valence electrons. The Kier molecular flexibility index (Phi) is 7.05. The number of amides is 2. The van der Waals surface area contributed by atoms with E-state index in [-0.39, 0.29) is 17.9 Å². The van der Waals surface area contributed by atoms with Gasteiger partial charge in [0.25, 0.3) is 5.91 Å². The number of carbonyl (C=O) groups excluding carboxylic acids is 2. The number of benzene rings is 1. The second-order valence-corrected chi connectivity index (χ2v) is 9.17. The van der Waals surface area contributed by atoms with Crippen molar-refractivity contribution in [1.82, 2.24) is 15.1 Å². The molecule has 6 nitrogen and oxygen atoms in total. The molecular formula is C24H31N3O3S. The molecule has 2 aromatic rings. The highest BCUT2D eigenvalue weighted by atomic mass is 32.1. The molecule has 1 fully saturated rings. The summed E-state index contributed by atoms with van der Waals surface area (Å²) in [6.07, 6.45) is 2.29. The number of hydrogen-bond donors (Lipinski definition) is 1. The van der Waals surface area contributed by atoms with Gasteiger partial charge in [0.05, 0.1) is 18.6 Å². The van der Waals surface area contributed by atoms with Crippen LogP contribution in [0.2, 0.25) is 0 Å². The molecule has 1 aromatic heterocycles. The van der Waals surface area contributed by atoms with Crippen LogP contribution in [0.4, 0.5) is 0 Å². The van der Waals surface area contributed by atoms with Gasteiger partial charge in [0, 0.05) is 36.7 Å². The third kappa shape index (κ3) is 4.40. The molecule has 0 bridgehead atoms. The fourth-order valence-electron chi connectivity index (χ4n) is 4.96. The predicted octanol–water partition coefficient (Wildman–Crippen LogP) is 3.28. The monoisotopic (exact) mass is 441 g/mol. The van der Waals surface area contributed by atoms with Gasteiger partial charge in [-0.3, -0.25) is 14.5 Å². The third-order valence-electron chi connectivity index (χ3n) is 6.51. The van der Waals surface area contributed by atoms with Crippen LogP contribution >= 0.6 is 11.3 Å². The molecule has 7 heteroatoms. The van der Waals surface area contributed by atoms with Crippen LogP contribution in [0.25, 0.3) is 0 Å². The van der Waals surface area contributed by atoms with Crippen LogP contribution in [0.15, 0.2) is 41.8 Å². The quantitative estimate of drug-likeness (QED) is 0.683. The van der Waals surface area contributed by atoms with E-state index >= 15 is 0 Å². The number of carbonyl (C=O) groups is 2. The highest BCUT2D eigenvalue weighted by Gasteiger charge is 2.44. The van der Waals surface area contributed by atoms with Crippen LogP contribution in [-0.2, 0) is 9.53 Å². The first kappa shape index (κ1) is 22.0. The zero-order chi connectivity index (χ0) is 21.8. The van der Waals surface area contributed by atoms with E-state index < -0.39 is 5.92 Å². The summed E-state index contributed by atoms with van der Waals surface area (Å²) in [7, 11) is 1.63. The van der Waals surface area contributed by atoms with E-state index in [0.29, 0.717) is 31.3 Å². The van der Waals surface area contributed by atoms with E-state index in [1.165, 1.54) is 6.42 Å². The van der Waals surface area contributed by atoms with Gasteiger partial charge in [0.15, 0.2) is 0 Å². The normalized spacial score (nSPS) is 23.7. The van der Waals surface area contributed by atoms with Crippen molar-refractivity contribution in [2.24, 2.45) is 0 Å². The summed E-state index contributed by atoms with van der Waals surface area (Å²) in [6.45, 7) is 5.79. The fourth-order valence-corrected chi connectivity index (χ4v) is 5.83. The van der Waals surface area contributed by atoms with Crippen LogP contribution in [-0.4, -0.2) is 67.6 Å². The Hall–Kier alpha value is -2.22. The maximum absolute atomic E-state index is 13.6. The van der Waals surface area contributed by atoms with E-state index in [1.54, 1.807) is 18.4 Å². The van der Waals surface area contributed by atoms with Crippen molar-refractivity contribution >= 4 is 23.2 Å². The van der Waals surface area contributed by atoms with Crippen LogP contribution < -0.4 is 5.32 Å². The zero-order valence-corrected chi connectivity index (χ0v) is 19.1. The van der Waals surface area contributed by atoms with E-state index in [0.717, 1.165) is 30.0 Å². The molecule has 0 saturated carbocycles. The van der Waals surface area contributed by atoms with E-state index in [1.807, 2.05) is 46.7 Å². The van der Waals surface area contributed by atoms with Crippen molar-refractivity contribution in [3.05, 3.63) is 57.8 Å². The maximum Gasteiger partial charge on any atom is 0.254 e. The molecule has 2 aliphatic rings. The van der Waals surface area contributed by atoms with Crippen LogP contribution in [0, 0.1) is 0 Å². The van der Waals surface area contributed by atoms with Crippen molar-refractivity contribution in [3.8, 4) is 0 Å². The highest BCUT2D eigenvalue weighted by Crippen LogP contribution is 2.44. The van der Waals surface area contributed by atoms with Crippen molar-refractivity contribution in [3.63, 3.8) is 0 Å². The topological polar surface area (TPSA) is 61.9 Å². The molecule has 2 amide bonds. The van der Waals surface area contributed by atoms with Crippen LogP contribution in [0.3, 0.4) is 0 Å². The van der Waals surface area contributed by atoms with Gasteiger partial charge in [-0.2, -0.15) is 0 Å². The summed E-state index contributed by atoms with van der Waals surface area (Å²) in [5, 5.41) is 5.24. The molecule has 31 heavy (non-hydrogen) atoms. The highest BCUT2D eigenvalue weighted by molar-refractivity contribution is 7.10. The predicted molar refractivity (Wildman–Crippen MR) is 122 cm³/mol. The summed E-state index contributed by atoms with van der Waals surface area (Å²) in [5.41, 5.74) is 1.43. The molecule has 0 aliphatic carbocycles. The lowest BCUT2D eigenvalue weighted by molar-refractivity contribution is -0.124. The third-order valence-corrected chi connectivity index (χ3v) is 7.45. The number of hydrogen-bond acceptors (Lipinski definition) is 5. The number of likely N-dealkylation sites (tertiary alicyclic amines) is 1. The van der Waals surface area contributed by atoms with Crippen molar-refractivity contribution in [2.45, 2.75) is 37.8 Å². The first-order valence-corrected chi connectivity index (χ1v) is 12.0. The Balaban J connectivity index is 1.67. The summed E-state index contributed by atoms with van der Waals surface area (Å²) in [4.78, 5) is 32.3. The minimum atomic E-state index is -0.444. The van der Waals surface area contributed by atoms with Gasteiger partial charge >= 0.3 is 0 Å². The number of nitrogens with one attached hydrogen (secondary N) is 1. The molecule has 1 saturated heterocycles. The molecule has 3 heterocycles. The molecule has 0 unspecified atom stereocenters. The summed E-state index contributed by atoms with van der Waals surface area (Å²) >= 11 is 1.59. The molecular weight excluding hydrogens is 410 g/mol. The number of fused-ring (bicyclic) bond motifs is 1. The Morgan fingerprint density at radius 1 is 1.26 bits per heavy atom. The summed E-state index contributed by atoms with van der Waals surface area (Å²) < 4.78 is 5.28. The van der Waals surface area contributed by atoms with E-state index in [4.69, 9.17) is 4.74 Å². The van der Waals surface area contributed by atoms with Gasteiger partial charge in [-0.25, -0.2) is 0 Å². The smallest absolute Gasteiger partial charge is 0.254 e. The number of ether oxygens (including phenoxy) is 1. The first-order valence-electron chi connectivity index (χ1n) is 11.1. The van der Waals surface area contributed by atoms with Gasteiger partial charge in [0.1, 0.15) is 0 Å². The second kappa shape index (κ2) is 9.94. The molecule has 2 aliphatic heterocycles. The minimum Gasteiger partial charge on any atom is -0.383 e. The van der Waals surface area contributed by atoms with Crippen LogP contribution in [0.5, 0.6) is 0 Å². The second-order valence-electron chi connectivity index (χ2n) is 8.19. The minimum absolute atomic E-state index is 0.0104. The molecule has 4 rings (SSSR count). The number of nitrogens with zero attached hydrogens (tertiary/aromatic N) is 2. The molecule has 1 N–H and O–H groups in total. The Morgan fingerprint density at radius 3 is 2.84 bits per heavy atom. The number of likely N-dealkylation sites (N-methyl/N-ethyl adjacent to an activating group) is 1. The number of thiophene rings is 1.